The quantitative estimate of drug-likeness (QED) is 0.763. The van der Waals surface area contributed by atoms with Crippen LogP contribution in [0.1, 0.15) is 54.9 Å². The molecule has 2 amide bonds. The molecule has 2 aromatic rings. The van der Waals surface area contributed by atoms with Crippen molar-refractivity contribution in [2.45, 2.75) is 71.5 Å². The summed E-state index contributed by atoms with van der Waals surface area (Å²) >= 11 is 0. The Hall–Kier alpha value is -2.62. The number of carbonyl (C=O) groups is 2. The molecule has 3 rings (SSSR count). The minimum atomic E-state index is -0.506. The molecule has 0 aliphatic heterocycles. The monoisotopic (exact) mass is 392 g/mol. The van der Waals surface area contributed by atoms with Crippen LogP contribution in [-0.2, 0) is 22.6 Å². The first-order valence-corrected chi connectivity index (χ1v) is 10.6. The van der Waals surface area contributed by atoms with Gasteiger partial charge in [0, 0.05) is 12.6 Å². The second kappa shape index (κ2) is 9.73. The van der Waals surface area contributed by atoms with Gasteiger partial charge < -0.3 is 10.2 Å². The van der Waals surface area contributed by atoms with E-state index in [4.69, 9.17) is 0 Å². The molecule has 1 N–H and O–H groups in total. The summed E-state index contributed by atoms with van der Waals surface area (Å²) in [4.78, 5) is 27.9. The lowest BCUT2D eigenvalue weighted by atomic mass is 10.0. The van der Waals surface area contributed by atoms with Gasteiger partial charge in [0.2, 0.25) is 11.8 Å². The molecule has 29 heavy (non-hydrogen) atoms. The van der Waals surface area contributed by atoms with E-state index in [-0.39, 0.29) is 17.9 Å². The summed E-state index contributed by atoms with van der Waals surface area (Å²) in [7, 11) is 0. The Kier molecular flexibility index (Phi) is 7.08. The predicted octanol–water partition coefficient (Wildman–Crippen LogP) is 4.32. The number of rotatable bonds is 7. The van der Waals surface area contributed by atoms with Gasteiger partial charge in [-0.05, 0) is 50.3 Å². The fraction of sp³-hybridized carbons (Fsp3) is 0.440. The van der Waals surface area contributed by atoms with Crippen molar-refractivity contribution in [3.63, 3.8) is 0 Å². The van der Waals surface area contributed by atoms with Gasteiger partial charge in [0.1, 0.15) is 6.04 Å². The van der Waals surface area contributed by atoms with E-state index < -0.39 is 6.04 Å². The van der Waals surface area contributed by atoms with Gasteiger partial charge in [-0.25, -0.2) is 0 Å². The van der Waals surface area contributed by atoms with Crippen molar-refractivity contribution in [3.05, 3.63) is 70.8 Å². The molecule has 1 atom stereocenters. The molecule has 0 spiro atoms. The number of nitrogens with one attached hydrogen (secondary N) is 1. The lowest BCUT2D eigenvalue weighted by Crippen LogP contribution is -2.50. The molecule has 4 heteroatoms. The van der Waals surface area contributed by atoms with Crippen molar-refractivity contribution in [2.24, 2.45) is 0 Å². The third-order valence-corrected chi connectivity index (χ3v) is 5.95. The summed E-state index contributed by atoms with van der Waals surface area (Å²) in [6, 6.07) is 15.8. The molecular formula is C25H32N2O2. The van der Waals surface area contributed by atoms with E-state index in [1.807, 2.05) is 69.3 Å². The van der Waals surface area contributed by atoms with Gasteiger partial charge >= 0.3 is 0 Å². The van der Waals surface area contributed by atoms with Crippen LogP contribution >= 0.6 is 0 Å². The number of hydrogen-bond acceptors (Lipinski definition) is 2. The largest absolute Gasteiger partial charge is 0.352 e. The zero-order valence-electron chi connectivity index (χ0n) is 17.8. The highest BCUT2D eigenvalue weighted by atomic mass is 16.2. The maximum Gasteiger partial charge on any atom is 0.242 e. The van der Waals surface area contributed by atoms with Crippen LogP contribution in [0.2, 0.25) is 0 Å². The lowest BCUT2D eigenvalue weighted by molar-refractivity contribution is -0.140. The second-order valence-electron chi connectivity index (χ2n) is 8.28. The average molecular weight is 393 g/mol. The Bertz CT molecular complexity index is 838. The maximum absolute atomic E-state index is 13.2. The zero-order chi connectivity index (χ0) is 20.8. The highest BCUT2D eigenvalue weighted by molar-refractivity contribution is 5.88. The molecule has 0 saturated heterocycles. The van der Waals surface area contributed by atoms with Crippen LogP contribution in [0.15, 0.2) is 48.5 Å². The van der Waals surface area contributed by atoms with Crippen molar-refractivity contribution < 1.29 is 9.59 Å². The number of amides is 2. The van der Waals surface area contributed by atoms with Crippen LogP contribution in [-0.4, -0.2) is 28.8 Å². The standard InChI is InChI=1S/C25H32N2O2/c1-18-12-14-21(15-13-18)16-24(28)27(17-22-9-5-4-8-19(22)2)20(3)25(29)26-23-10-6-7-11-23/h4-5,8-9,12-15,20,23H,6-7,10-11,16-17H2,1-3H3,(H,26,29)/t20-/m0/s1. The molecular weight excluding hydrogens is 360 g/mol. The minimum Gasteiger partial charge on any atom is -0.352 e. The van der Waals surface area contributed by atoms with E-state index in [9.17, 15) is 9.59 Å². The molecule has 0 bridgehead atoms. The van der Waals surface area contributed by atoms with Crippen LogP contribution in [0.5, 0.6) is 0 Å². The molecule has 0 heterocycles. The number of nitrogens with zero attached hydrogens (tertiary/aromatic N) is 1. The fourth-order valence-electron chi connectivity index (χ4n) is 3.93. The van der Waals surface area contributed by atoms with Gasteiger partial charge in [-0.3, -0.25) is 9.59 Å². The normalized spacial score (nSPS) is 15.1. The minimum absolute atomic E-state index is 0.0221. The van der Waals surface area contributed by atoms with Crippen LogP contribution < -0.4 is 5.32 Å². The fourth-order valence-corrected chi connectivity index (χ4v) is 3.93. The number of carbonyl (C=O) groups excluding carboxylic acids is 2. The molecule has 4 nitrogen and oxygen atoms in total. The first kappa shape index (κ1) is 21.1. The van der Waals surface area contributed by atoms with E-state index in [1.54, 1.807) is 4.90 Å². The SMILES string of the molecule is Cc1ccc(CC(=O)N(Cc2ccccc2C)[C@@H](C)C(=O)NC2CCCC2)cc1. The summed E-state index contributed by atoms with van der Waals surface area (Å²) in [6.07, 6.45) is 4.70. The van der Waals surface area contributed by atoms with E-state index in [0.717, 1.165) is 29.5 Å². The molecule has 1 aliphatic rings. The Balaban J connectivity index is 1.77. The molecule has 1 aliphatic carbocycles. The smallest absolute Gasteiger partial charge is 0.242 e. The molecule has 1 fully saturated rings. The van der Waals surface area contributed by atoms with Crippen molar-refractivity contribution >= 4 is 11.8 Å². The molecule has 0 unspecified atom stereocenters. The van der Waals surface area contributed by atoms with Gasteiger partial charge in [-0.2, -0.15) is 0 Å². The summed E-state index contributed by atoms with van der Waals surface area (Å²) in [5, 5.41) is 3.15. The lowest BCUT2D eigenvalue weighted by Gasteiger charge is -2.30. The third-order valence-electron chi connectivity index (χ3n) is 5.95. The Labute approximate surface area is 174 Å². The summed E-state index contributed by atoms with van der Waals surface area (Å²) in [5.74, 6) is -0.0751. The number of benzene rings is 2. The van der Waals surface area contributed by atoms with Crippen molar-refractivity contribution in [1.29, 1.82) is 0 Å². The second-order valence-corrected chi connectivity index (χ2v) is 8.28. The summed E-state index contributed by atoms with van der Waals surface area (Å²) in [6.45, 7) is 6.36. The van der Waals surface area contributed by atoms with E-state index in [0.29, 0.717) is 13.0 Å². The van der Waals surface area contributed by atoms with Crippen LogP contribution in [0.25, 0.3) is 0 Å². The van der Waals surface area contributed by atoms with Crippen molar-refractivity contribution in [3.8, 4) is 0 Å². The highest BCUT2D eigenvalue weighted by Gasteiger charge is 2.28. The van der Waals surface area contributed by atoms with Crippen LogP contribution in [0, 0.1) is 13.8 Å². The Morgan fingerprint density at radius 3 is 2.34 bits per heavy atom. The first-order chi connectivity index (χ1) is 13.9. The zero-order valence-corrected chi connectivity index (χ0v) is 17.8. The van der Waals surface area contributed by atoms with E-state index >= 15 is 0 Å². The summed E-state index contributed by atoms with van der Waals surface area (Å²) in [5.41, 5.74) is 4.34. The molecule has 154 valence electrons. The van der Waals surface area contributed by atoms with Crippen LogP contribution in [0.4, 0.5) is 0 Å². The third kappa shape index (κ3) is 5.69. The Morgan fingerprint density at radius 2 is 1.69 bits per heavy atom. The van der Waals surface area contributed by atoms with Gasteiger partial charge in [-0.1, -0.05) is 66.9 Å². The van der Waals surface area contributed by atoms with E-state index in [2.05, 4.69) is 5.32 Å². The van der Waals surface area contributed by atoms with Crippen molar-refractivity contribution in [1.82, 2.24) is 10.2 Å². The molecule has 0 aromatic heterocycles. The predicted molar refractivity (Wildman–Crippen MR) is 116 cm³/mol. The number of hydrogen-bond donors (Lipinski definition) is 1. The molecule has 2 aromatic carbocycles. The molecule has 1 saturated carbocycles. The van der Waals surface area contributed by atoms with Gasteiger partial charge in [-0.15, -0.1) is 0 Å². The topological polar surface area (TPSA) is 49.4 Å². The first-order valence-electron chi connectivity index (χ1n) is 10.6. The van der Waals surface area contributed by atoms with Gasteiger partial charge in [0.15, 0.2) is 0 Å². The highest BCUT2D eigenvalue weighted by Crippen LogP contribution is 2.19. The van der Waals surface area contributed by atoms with Crippen LogP contribution in [0.3, 0.4) is 0 Å². The Morgan fingerprint density at radius 1 is 1.03 bits per heavy atom. The van der Waals surface area contributed by atoms with Gasteiger partial charge in [0.05, 0.1) is 6.42 Å². The molecule has 0 radical (unpaired) electrons. The van der Waals surface area contributed by atoms with E-state index in [1.165, 1.54) is 18.4 Å². The van der Waals surface area contributed by atoms with Crippen molar-refractivity contribution in [2.75, 3.05) is 0 Å². The number of aryl methyl sites for hydroxylation is 2. The summed E-state index contributed by atoms with van der Waals surface area (Å²) < 4.78 is 0. The van der Waals surface area contributed by atoms with Gasteiger partial charge in [0.25, 0.3) is 0 Å². The maximum atomic E-state index is 13.2. The average Bonchev–Trinajstić information content (AvgIpc) is 3.21.